The van der Waals surface area contributed by atoms with E-state index in [1.165, 1.54) is 32.3 Å². The van der Waals surface area contributed by atoms with Crippen molar-refractivity contribution in [2.24, 2.45) is 0 Å². The summed E-state index contributed by atoms with van der Waals surface area (Å²) >= 11 is 1.72. The summed E-state index contributed by atoms with van der Waals surface area (Å²) in [6, 6.07) is 56.3. The van der Waals surface area contributed by atoms with E-state index in [0.29, 0.717) is 56.2 Å². The molecule has 0 fully saturated rings. The van der Waals surface area contributed by atoms with Crippen LogP contribution < -0.4 is 66.9 Å². The van der Waals surface area contributed by atoms with Crippen LogP contribution in [0.25, 0.3) is 0 Å². The Bertz CT molecular complexity index is 1860. The van der Waals surface area contributed by atoms with Crippen molar-refractivity contribution in [2.75, 3.05) is 40.1 Å². The van der Waals surface area contributed by atoms with Gasteiger partial charge in [0, 0.05) is 5.69 Å². The maximum atomic E-state index is 5.65. The molecule has 7 rings (SSSR count). The van der Waals surface area contributed by atoms with Gasteiger partial charge in [-0.3, -0.25) is 0 Å². The molecule has 0 radical (unpaired) electrons. The number of hydrogen-bond acceptors (Lipinski definition) is 7. The molecule has 0 spiro atoms. The molecule has 0 atom stereocenters. The summed E-state index contributed by atoms with van der Waals surface area (Å²) in [7, 11) is 0. The second-order valence-corrected chi connectivity index (χ2v) is 22.8. The molecule has 7 nitrogen and oxygen atoms in total. The molecule has 7 aromatic carbocycles. The molecule has 0 saturated heterocycles. The predicted molar refractivity (Wildman–Crippen MR) is 257 cm³/mol. The van der Waals surface area contributed by atoms with Crippen molar-refractivity contribution < 1.29 is 0 Å². The van der Waals surface area contributed by atoms with Gasteiger partial charge < -0.3 is 5.73 Å². The Kier molecular flexibility index (Phi) is 20.2. The van der Waals surface area contributed by atoms with Crippen molar-refractivity contribution in [1.29, 1.82) is 0 Å². The van der Waals surface area contributed by atoms with Crippen LogP contribution in [0.3, 0.4) is 0 Å². The van der Waals surface area contributed by atoms with Crippen LogP contribution in [0, 0.1) is 6.92 Å². The zero-order chi connectivity index (χ0) is 38.7. The summed E-state index contributed by atoms with van der Waals surface area (Å²) in [5, 5.41) is 0. The molecule has 12 heteroatoms. The van der Waals surface area contributed by atoms with Crippen LogP contribution in [0.2, 0.25) is 0 Å². The van der Waals surface area contributed by atoms with Crippen molar-refractivity contribution in [3.8, 4) is 0 Å². The monoisotopic (exact) mass is 1110 g/mol. The van der Waals surface area contributed by atoms with E-state index in [9.17, 15) is 0 Å². The molecule has 7 aromatic rings. The maximum absolute atomic E-state index is 5.65. The van der Waals surface area contributed by atoms with E-state index in [0.717, 1.165) is 39.8 Å². The first kappa shape index (κ1) is 45.3. The van der Waals surface area contributed by atoms with Gasteiger partial charge in [0.15, 0.2) is 0 Å². The van der Waals surface area contributed by atoms with E-state index in [1.807, 2.05) is 104 Å². The standard InChI is InChI=1S/C12H12N2Se2.2C12H12N2Se.C7H9N.HI/c13-9-1-5-11(6-2-9)15-16-12-7-3-10(14)4-8-12;2*13-9-1-5-11(6-2-9)15-12-7-3-10(14)4-8-12;1-6-2-4-7(8)5-3-6;/h1-8H,13-14H2;2*1-8H,13-14H2;2-5H,8H2,1H3;1H. The third-order valence-corrected chi connectivity index (χ3v) is 18.6. The second-order valence-electron chi connectivity index (χ2n) is 11.7. The number of benzene rings is 7. The van der Waals surface area contributed by atoms with Crippen molar-refractivity contribution in [3.05, 3.63) is 175 Å². The number of anilines is 7. The van der Waals surface area contributed by atoms with Crippen molar-refractivity contribution in [1.82, 2.24) is 0 Å². The number of aryl methyl sites for hydroxylation is 1. The molecular formula is C43H46IN7Se4. The van der Waals surface area contributed by atoms with Gasteiger partial charge in [-0.2, -0.15) is 0 Å². The first-order valence-corrected chi connectivity index (χ1v) is 26.1. The zero-order valence-corrected chi connectivity index (χ0v) is 39.4. The van der Waals surface area contributed by atoms with Gasteiger partial charge in [-0.25, -0.2) is 0 Å². The predicted octanol–water partition coefficient (Wildman–Crippen LogP) is 3.33. The van der Waals surface area contributed by atoms with Gasteiger partial charge in [0.05, 0.1) is 0 Å². The minimum atomic E-state index is 0. The Hall–Kier alpha value is -4.05. The van der Waals surface area contributed by atoms with E-state index in [2.05, 4.69) is 72.8 Å². The number of hydrogen-bond donors (Lipinski definition) is 7. The number of nitrogens with two attached hydrogens (primary N) is 7. The summed E-state index contributed by atoms with van der Waals surface area (Å²) < 4.78 is 8.09. The van der Waals surface area contributed by atoms with Crippen LogP contribution in [0.4, 0.5) is 39.8 Å². The average molecular weight is 1100 g/mol. The van der Waals surface area contributed by atoms with Crippen LogP contribution in [-0.4, -0.2) is 56.2 Å². The molecule has 0 aliphatic rings. The Morgan fingerprint density at radius 2 is 0.418 bits per heavy atom. The molecule has 0 bridgehead atoms. The van der Waals surface area contributed by atoms with Gasteiger partial charge in [0.1, 0.15) is 0 Å². The quantitative estimate of drug-likeness (QED) is 0.0727. The fraction of sp³-hybridized carbons (Fsp3) is 0.0233. The summed E-state index contributed by atoms with van der Waals surface area (Å²) in [4.78, 5) is 0. The average Bonchev–Trinajstić information content (AvgIpc) is 3.18. The van der Waals surface area contributed by atoms with E-state index < -0.39 is 0 Å². The Morgan fingerprint density at radius 1 is 0.255 bits per heavy atom. The van der Waals surface area contributed by atoms with Gasteiger partial charge >= 0.3 is 297 Å². The molecule has 55 heavy (non-hydrogen) atoms. The van der Waals surface area contributed by atoms with Crippen LogP contribution >= 0.6 is 24.0 Å². The molecule has 0 amide bonds. The zero-order valence-electron chi connectivity index (χ0n) is 30.2. The molecule has 0 saturated carbocycles. The van der Waals surface area contributed by atoms with Gasteiger partial charge in [0.2, 0.25) is 0 Å². The molecular weight excluding hydrogens is 1060 g/mol. The molecule has 14 N–H and O–H groups in total. The van der Waals surface area contributed by atoms with Crippen LogP contribution in [-0.2, 0) is 0 Å². The number of rotatable bonds is 7. The third kappa shape index (κ3) is 18.4. The number of halogens is 1. The first-order valence-electron chi connectivity index (χ1n) is 16.7. The fourth-order valence-electron chi connectivity index (χ4n) is 4.13. The number of nitrogen functional groups attached to an aromatic ring is 7. The fourth-order valence-corrected chi connectivity index (χ4v) is 13.5. The molecule has 0 heterocycles. The molecule has 0 aliphatic heterocycles. The minimum absolute atomic E-state index is 0. The summed E-state index contributed by atoms with van der Waals surface area (Å²) in [6.07, 6.45) is 0. The van der Waals surface area contributed by atoms with Crippen molar-refractivity contribution in [2.45, 2.75) is 6.92 Å². The van der Waals surface area contributed by atoms with Gasteiger partial charge in [-0.1, -0.05) is 17.7 Å². The van der Waals surface area contributed by atoms with Gasteiger partial charge in [0.25, 0.3) is 0 Å². The van der Waals surface area contributed by atoms with Crippen LogP contribution in [0.5, 0.6) is 0 Å². The van der Waals surface area contributed by atoms with Crippen LogP contribution in [0.1, 0.15) is 5.56 Å². The first-order chi connectivity index (χ1) is 26.0. The topological polar surface area (TPSA) is 182 Å². The van der Waals surface area contributed by atoms with E-state index in [-0.39, 0.29) is 24.0 Å². The van der Waals surface area contributed by atoms with Crippen LogP contribution in [0.15, 0.2) is 170 Å². The summed E-state index contributed by atoms with van der Waals surface area (Å²) in [5.74, 6) is 0. The van der Waals surface area contributed by atoms with E-state index in [1.54, 1.807) is 0 Å². The molecule has 0 unspecified atom stereocenters. The molecule has 284 valence electrons. The second kappa shape index (κ2) is 24.5. The normalized spacial score (nSPS) is 9.84. The molecule has 0 aliphatic carbocycles. The van der Waals surface area contributed by atoms with Gasteiger partial charge in [-0.15, -0.1) is 24.0 Å². The van der Waals surface area contributed by atoms with E-state index >= 15 is 0 Å². The summed E-state index contributed by atoms with van der Waals surface area (Å²) in [5.41, 5.74) is 46.2. The Balaban J connectivity index is 0.000000200. The SMILES string of the molecule is Cc1ccc(N)cc1.I.Nc1ccc([Se][Se]c2ccc(N)cc2)cc1.Nc1ccc([Se]c2ccc(N)cc2)cc1.Nc1ccc([Se]c2ccc(N)cc2)cc1. The van der Waals surface area contributed by atoms with Crippen molar-refractivity contribution in [3.63, 3.8) is 0 Å². The Morgan fingerprint density at radius 3 is 0.600 bits per heavy atom. The van der Waals surface area contributed by atoms with E-state index in [4.69, 9.17) is 40.1 Å². The third-order valence-electron chi connectivity index (χ3n) is 7.06. The Labute approximate surface area is 365 Å². The molecule has 0 aromatic heterocycles. The van der Waals surface area contributed by atoms with Crippen molar-refractivity contribution >= 4 is 147 Å². The van der Waals surface area contributed by atoms with Gasteiger partial charge in [-0.05, 0) is 19.1 Å². The summed E-state index contributed by atoms with van der Waals surface area (Å²) in [6.45, 7) is 2.04.